The zero-order valence-electron chi connectivity index (χ0n) is 16.6. The second-order valence-corrected chi connectivity index (χ2v) is 7.28. The van der Waals surface area contributed by atoms with Crippen molar-refractivity contribution in [2.24, 2.45) is 0 Å². The summed E-state index contributed by atoms with van der Waals surface area (Å²) in [6.07, 6.45) is 3.35. The highest BCUT2D eigenvalue weighted by atomic mass is 31.0. The third kappa shape index (κ3) is 6.30. The predicted octanol–water partition coefficient (Wildman–Crippen LogP) is 3.93. The van der Waals surface area contributed by atoms with Gasteiger partial charge in [0.1, 0.15) is 23.3 Å². The van der Waals surface area contributed by atoms with Gasteiger partial charge in [-0.15, -0.1) is 10.5 Å². The third-order valence-electron chi connectivity index (χ3n) is 4.26. The van der Waals surface area contributed by atoms with Gasteiger partial charge in [-0.1, -0.05) is 20.3 Å². The summed E-state index contributed by atoms with van der Waals surface area (Å²) in [6.45, 7) is 0. The minimum atomic E-state index is -0.952. The number of nitrogens with zero attached hydrogens (tertiary/aromatic N) is 2. The average Bonchev–Trinajstić information content (AvgIpc) is 2.81. The average molecular weight is 445 g/mol. The van der Waals surface area contributed by atoms with Gasteiger partial charge in [0.15, 0.2) is 0 Å². The second kappa shape index (κ2) is 11.1. The molecule has 1 aromatic heterocycles. The Morgan fingerprint density at radius 2 is 1.38 bits per heavy atom. The van der Waals surface area contributed by atoms with Crippen LogP contribution < -0.4 is 19.5 Å². The summed E-state index contributed by atoms with van der Waals surface area (Å²) < 4.78 is 14.8. The van der Waals surface area contributed by atoms with Gasteiger partial charge in [0.25, 0.3) is 18.4 Å². The first kappa shape index (κ1) is 22.3. The summed E-state index contributed by atoms with van der Waals surface area (Å²) in [5.74, 6) is 3.60. The number of hydrogen-bond donors (Lipinski definition) is 1. The molecule has 1 heterocycles. The molecule has 0 radical (unpaired) electrons. The minimum absolute atomic E-state index is 0.234. The maximum absolute atomic E-state index is 12.9. The lowest BCUT2D eigenvalue weighted by atomic mass is 10.1. The van der Waals surface area contributed by atoms with E-state index in [0.717, 1.165) is 13.8 Å². The lowest BCUT2D eigenvalue weighted by Gasteiger charge is -2.18. The van der Waals surface area contributed by atoms with E-state index in [1.54, 1.807) is 12.5 Å². The van der Waals surface area contributed by atoms with E-state index < -0.39 is 17.9 Å². The van der Waals surface area contributed by atoms with E-state index in [-0.39, 0.29) is 12.2 Å². The van der Waals surface area contributed by atoms with E-state index in [1.807, 2.05) is 23.7 Å². The van der Waals surface area contributed by atoms with Crippen LogP contribution in [-0.2, 0) is 11.2 Å². The number of hydrogen-bond acceptors (Lipinski definition) is 7. The fourth-order valence-electron chi connectivity index (χ4n) is 2.73. The number of esters is 1. The third-order valence-corrected chi connectivity index (χ3v) is 4.91. The highest BCUT2D eigenvalue weighted by Gasteiger charge is 2.24. The monoisotopic (exact) mass is 445 g/mol. The highest BCUT2D eigenvalue weighted by Crippen LogP contribution is 2.19. The Labute approximate surface area is 185 Å². The Bertz CT molecular complexity index is 1150. The maximum Gasteiger partial charge on any atom is 0.334 e. The smallest absolute Gasteiger partial charge is 0.334 e. The summed E-state index contributed by atoms with van der Waals surface area (Å²) >= 11 is 0. The molecule has 8 nitrogen and oxygen atoms in total. The summed E-state index contributed by atoms with van der Waals surface area (Å²) in [6, 6.07) is 14.7. The Hall–Kier alpha value is -4.39. The molecule has 32 heavy (non-hydrogen) atoms. The van der Waals surface area contributed by atoms with Crippen molar-refractivity contribution < 1.29 is 23.8 Å². The van der Waals surface area contributed by atoms with Gasteiger partial charge in [0.2, 0.25) is 0 Å². The highest BCUT2D eigenvalue weighted by molar-refractivity contribution is 7.28. The van der Waals surface area contributed by atoms with Crippen molar-refractivity contribution in [2.75, 3.05) is 0 Å². The molecule has 1 amide bonds. The topological polar surface area (TPSA) is 121 Å². The van der Waals surface area contributed by atoms with Crippen LogP contribution in [0.4, 0.5) is 0 Å². The zero-order valence-corrected chi connectivity index (χ0v) is 17.5. The lowest BCUT2D eigenvalue weighted by Crippen LogP contribution is -2.44. The zero-order chi connectivity index (χ0) is 22.8. The summed E-state index contributed by atoms with van der Waals surface area (Å²) in [7, 11) is 1.04. The van der Waals surface area contributed by atoms with Crippen molar-refractivity contribution in [2.45, 2.75) is 12.5 Å². The molecule has 0 saturated heterocycles. The molecule has 0 spiro atoms. The van der Waals surface area contributed by atoms with E-state index >= 15 is 0 Å². The molecule has 0 aliphatic heterocycles. The van der Waals surface area contributed by atoms with Crippen LogP contribution in [0.5, 0.6) is 17.2 Å². The predicted molar refractivity (Wildman–Crippen MR) is 115 cm³/mol. The van der Waals surface area contributed by atoms with Gasteiger partial charge < -0.3 is 19.5 Å². The minimum Gasteiger partial charge on any atom is -0.425 e. The Morgan fingerprint density at radius 3 is 1.94 bits per heavy atom. The summed E-state index contributed by atoms with van der Waals surface area (Å²) in [5, 5.41) is 19.8. The van der Waals surface area contributed by atoms with Crippen LogP contribution in [0.1, 0.15) is 15.9 Å². The van der Waals surface area contributed by atoms with Gasteiger partial charge in [0.05, 0.1) is 0 Å². The van der Waals surface area contributed by atoms with Gasteiger partial charge in [-0.05, 0) is 65.7 Å². The largest absolute Gasteiger partial charge is 0.425 e. The van der Waals surface area contributed by atoms with Gasteiger partial charge >= 0.3 is 5.97 Å². The molecule has 1 N–H and O–H groups in total. The molecule has 0 aliphatic rings. The summed E-state index contributed by atoms with van der Waals surface area (Å²) in [4.78, 5) is 25.6. The number of carbonyl (C=O) groups is 2. The first-order chi connectivity index (χ1) is 15.6. The van der Waals surface area contributed by atoms with Crippen LogP contribution >= 0.6 is 8.19 Å². The van der Waals surface area contributed by atoms with Gasteiger partial charge in [-0.2, -0.15) is 0 Å². The molecule has 158 valence electrons. The van der Waals surface area contributed by atoms with Crippen molar-refractivity contribution in [1.29, 1.82) is 10.5 Å². The Kier molecular flexibility index (Phi) is 7.75. The van der Waals surface area contributed by atoms with Crippen LogP contribution in [0.3, 0.4) is 0 Å². The normalized spacial score (nSPS) is 10.7. The molecule has 3 aromatic rings. The second-order valence-electron chi connectivity index (χ2n) is 6.39. The van der Waals surface area contributed by atoms with E-state index in [1.165, 1.54) is 48.5 Å². The van der Waals surface area contributed by atoms with Crippen LogP contribution in [0.2, 0.25) is 0 Å². The number of nitriles is 2. The van der Waals surface area contributed by atoms with E-state index in [0.29, 0.717) is 17.1 Å². The van der Waals surface area contributed by atoms with Crippen LogP contribution in [-0.4, -0.2) is 17.9 Å². The first-order valence-corrected chi connectivity index (χ1v) is 10.4. The molecule has 3 rings (SSSR count). The molecular weight excluding hydrogens is 429 g/mol. The van der Waals surface area contributed by atoms with Crippen molar-refractivity contribution >= 4 is 20.1 Å². The first-order valence-electron chi connectivity index (χ1n) is 9.32. The maximum atomic E-state index is 12.9. The number of carbonyl (C=O) groups excluding carboxylic acids is 2. The van der Waals surface area contributed by atoms with E-state index in [4.69, 9.17) is 24.7 Å². The van der Waals surface area contributed by atoms with Gasteiger partial charge in [-0.3, -0.25) is 4.79 Å². The van der Waals surface area contributed by atoms with E-state index in [9.17, 15) is 9.59 Å². The fourth-order valence-corrected chi connectivity index (χ4v) is 3.39. The Morgan fingerprint density at radius 1 is 0.844 bits per heavy atom. The van der Waals surface area contributed by atoms with Crippen LogP contribution in [0.25, 0.3) is 0 Å². The quantitative estimate of drug-likeness (QED) is 0.317. The van der Waals surface area contributed by atoms with Crippen molar-refractivity contribution in [3.8, 4) is 29.8 Å². The molecule has 0 bridgehead atoms. The van der Waals surface area contributed by atoms with Gasteiger partial charge in [-0.25, -0.2) is 4.79 Å². The standard InChI is InChI=1S/C23H16N3O5P/c24-14-29-18-3-1-17(2-4-18)22(27)26-21(13-16-9-11-32-12-10-16)23(28)31-20-7-5-19(6-8-20)30-15-25/h1-12,21H,13H2,(H,26,27). The number of ether oxygens (including phenoxy) is 3. The van der Waals surface area contributed by atoms with Crippen molar-refractivity contribution in [3.63, 3.8) is 0 Å². The van der Waals surface area contributed by atoms with Gasteiger partial charge in [0, 0.05) is 12.0 Å². The van der Waals surface area contributed by atoms with Crippen LogP contribution in [0.15, 0.2) is 72.3 Å². The Balaban J connectivity index is 1.75. The lowest BCUT2D eigenvalue weighted by molar-refractivity contribution is -0.136. The molecule has 1 atom stereocenters. The molecule has 1 unspecified atom stereocenters. The molecule has 2 aromatic carbocycles. The molecule has 0 saturated carbocycles. The van der Waals surface area contributed by atoms with Crippen LogP contribution in [0, 0.1) is 23.0 Å². The number of benzene rings is 2. The molecule has 0 aliphatic carbocycles. The van der Waals surface area contributed by atoms with Crippen molar-refractivity contribution in [3.05, 3.63) is 83.4 Å². The molecular formula is C23H16N3O5P. The number of nitrogens with one attached hydrogen (secondary N) is 1. The SMILES string of the molecule is N#COc1ccc(OC(=O)C(Cc2ccpcc2)NC(=O)c2ccc(OC#N)cc2)cc1. The number of amides is 1. The summed E-state index contributed by atoms with van der Waals surface area (Å²) in [5.41, 5.74) is 1.16. The number of rotatable bonds is 8. The molecule has 0 fully saturated rings. The molecule has 9 heteroatoms. The van der Waals surface area contributed by atoms with E-state index in [2.05, 4.69) is 5.32 Å². The fraction of sp³-hybridized carbons (Fsp3) is 0.0870. The van der Waals surface area contributed by atoms with Crippen molar-refractivity contribution in [1.82, 2.24) is 5.32 Å².